The number of carbonyl (C=O) groups is 1. The predicted molar refractivity (Wildman–Crippen MR) is 77.2 cm³/mol. The molecule has 0 spiro atoms. The number of fused-ring (bicyclic) bond motifs is 1. The van der Waals surface area contributed by atoms with Gasteiger partial charge < -0.3 is 14.6 Å². The van der Waals surface area contributed by atoms with Gasteiger partial charge >= 0.3 is 5.97 Å². The van der Waals surface area contributed by atoms with Crippen LogP contribution in [-0.2, 0) is 6.42 Å². The van der Waals surface area contributed by atoms with Crippen LogP contribution in [0.1, 0.15) is 15.9 Å². The van der Waals surface area contributed by atoms with Gasteiger partial charge in [-0.2, -0.15) is 0 Å². The second-order valence-corrected chi connectivity index (χ2v) is 4.63. The number of carboxylic acid groups (broad SMARTS) is 1. The van der Waals surface area contributed by atoms with Gasteiger partial charge in [0, 0.05) is 12.0 Å². The zero-order valence-electron chi connectivity index (χ0n) is 11.1. The lowest BCUT2D eigenvalue weighted by Gasteiger charge is -2.09. The van der Waals surface area contributed by atoms with Crippen molar-refractivity contribution in [2.45, 2.75) is 6.42 Å². The average Bonchev–Trinajstić information content (AvgIpc) is 3.00. The lowest BCUT2D eigenvalue weighted by Crippen LogP contribution is -2.02. The van der Waals surface area contributed by atoms with Gasteiger partial charge in [0.25, 0.3) is 0 Å². The molecule has 1 aromatic carbocycles. The number of carboxylic acids is 1. The van der Waals surface area contributed by atoms with Crippen LogP contribution in [0.15, 0.2) is 47.1 Å². The van der Waals surface area contributed by atoms with Crippen LogP contribution in [0, 0.1) is 0 Å². The molecule has 0 atom stereocenters. The number of hydrogen-bond donors (Lipinski definition) is 2. The Morgan fingerprint density at radius 3 is 2.76 bits per heavy atom. The molecule has 5 nitrogen and oxygen atoms in total. The molecule has 5 heteroatoms. The first kappa shape index (κ1) is 13.3. The monoisotopic (exact) mass is 283 g/mol. The molecule has 106 valence electrons. The lowest BCUT2D eigenvalue weighted by atomic mass is 10.0. The van der Waals surface area contributed by atoms with Gasteiger partial charge in [-0.05, 0) is 36.2 Å². The highest BCUT2D eigenvalue weighted by Crippen LogP contribution is 2.28. The van der Waals surface area contributed by atoms with Crippen molar-refractivity contribution in [3.05, 3.63) is 53.8 Å². The molecule has 0 unspecified atom stereocenters. The lowest BCUT2D eigenvalue weighted by molar-refractivity contribution is 0.0699. The van der Waals surface area contributed by atoms with E-state index in [-0.39, 0.29) is 12.2 Å². The van der Waals surface area contributed by atoms with Gasteiger partial charge in [0.05, 0.1) is 17.3 Å². The highest BCUT2D eigenvalue weighted by atomic mass is 16.4. The fourth-order valence-corrected chi connectivity index (χ4v) is 2.35. The Bertz CT molecular complexity index is 793. The van der Waals surface area contributed by atoms with Crippen molar-refractivity contribution < 1.29 is 19.4 Å². The number of rotatable bonds is 4. The summed E-state index contributed by atoms with van der Waals surface area (Å²) in [5.74, 6) is -0.464. The zero-order valence-corrected chi connectivity index (χ0v) is 11.1. The van der Waals surface area contributed by atoms with Crippen LogP contribution in [0.2, 0.25) is 0 Å². The van der Waals surface area contributed by atoms with E-state index in [1.165, 1.54) is 12.3 Å². The van der Waals surface area contributed by atoms with Gasteiger partial charge in [-0.1, -0.05) is 12.1 Å². The molecule has 2 aromatic heterocycles. The van der Waals surface area contributed by atoms with Crippen molar-refractivity contribution in [1.29, 1.82) is 0 Å². The minimum absolute atomic E-state index is 0.0144. The van der Waals surface area contributed by atoms with Gasteiger partial charge in [-0.3, -0.25) is 0 Å². The first-order chi connectivity index (χ1) is 10.2. The van der Waals surface area contributed by atoms with E-state index >= 15 is 0 Å². The fourth-order valence-electron chi connectivity index (χ4n) is 2.35. The Morgan fingerprint density at radius 1 is 1.24 bits per heavy atom. The van der Waals surface area contributed by atoms with E-state index < -0.39 is 5.97 Å². The molecule has 3 aromatic rings. The number of hydrogen-bond acceptors (Lipinski definition) is 4. The van der Waals surface area contributed by atoms with Gasteiger partial charge in [0.1, 0.15) is 5.69 Å². The number of nitrogens with zero attached hydrogens (tertiary/aromatic N) is 1. The molecule has 0 saturated heterocycles. The molecule has 0 aliphatic heterocycles. The maximum atomic E-state index is 11.3. The van der Waals surface area contributed by atoms with E-state index in [4.69, 9.17) is 4.42 Å². The first-order valence-electron chi connectivity index (χ1n) is 6.51. The summed E-state index contributed by atoms with van der Waals surface area (Å²) in [7, 11) is 0. The van der Waals surface area contributed by atoms with Crippen LogP contribution in [0.3, 0.4) is 0 Å². The molecule has 0 aliphatic rings. The van der Waals surface area contributed by atoms with E-state index in [9.17, 15) is 15.0 Å². The standard InChI is InChI=1S/C16H13NO4/c18-7-6-11-9-10-3-1-4-12(16(19)20)14(10)17-15(11)13-5-2-8-21-13/h1-5,8-9,18H,6-7H2,(H,19,20). The van der Waals surface area contributed by atoms with Crippen molar-refractivity contribution in [2.24, 2.45) is 0 Å². The number of aromatic nitrogens is 1. The Kier molecular flexibility index (Phi) is 3.41. The molecule has 2 N–H and O–H groups in total. The first-order valence-corrected chi connectivity index (χ1v) is 6.51. The number of para-hydroxylation sites is 1. The molecule has 0 saturated carbocycles. The van der Waals surface area contributed by atoms with Gasteiger partial charge in [-0.25, -0.2) is 9.78 Å². The predicted octanol–water partition coefficient (Wildman–Crippen LogP) is 2.73. The Hall–Kier alpha value is -2.66. The highest BCUT2D eigenvalue weighted by Gasteiger charge is 2.15. The number of aliphatic hydroxyl groups excluding tert-OH is 1. The molecule has 0 radical (unpaired) electrons. The number of benzene rings is 1. The smallest absolute Gasteiger partial charge is 0.337 e. The summed E-state index contributed by atoms with van der Waals surface area (Å²) in [6, 6.07) is 10.4. The van der Waals surface area contributed by atoms with E-state index in [0.29, 0.717) is 23.4 Å². The number of pyridine rings is 1. The van der Waals surface area contributed by atoms with E-state index in [2.05, 4.69) is 4.98 Å². The molecule has 0 amide bonds. The molecule has 0 fully saturated rings. The largest absolute Gasteiger partial charge is 0.478 e. The summed E-state index contributed by atoms with van der Waals surface area (Å²) in [4.78, 5) is 15.8. The summed E-state index contributed by atoms with van der Waals surface area (Å²) >= 11 is 0. The second kappa shape index (κ2) is 5.38. The summed E-state index contributed by atoms with van der Waals surface area (Å²) in [5, 5.41) is 19.2. The van der Waals surface area contributed by atoms with Crippen molar-refractivity contribution in [1.82, 2.24) is 4.98 Å². The SMILES string of the molecule is O=C(O)c1cccc2cc(CCO)c(-c3ccco3)nc12. The van der Waals surface area contributed by atoms with Crippen molar-refractivity contribution in [3.63, 3.8) is 0 Å². The third kappa shape index (κ3) is 2.39. The number of aromatic carboxylic acids is 1. The van der Waals surface area contributed by atoms with Crippen LogP contribution in [0.5, 0.6) is 0 Å². The van der Waals surface area contributed by atoms with Gasteiger partial charge in [0.2, 0.25) is 0 Å². The maximum Gasteiger partial charge on any atom is 0.337 e. The molecule has 0 aliphatic carbocycles. The Morgan fingerprint density at radius 2 is 2.10 bits per heavy atom. The fraction of sp³-hybridized carbons (Fsp3) is 0.125. The molecule has 3 rings (SSSR count). The number of furan rings is 1. The summed E-state index contributed by atoms with van der Waals surface area (Å²) in [6.45, 7) is -0.0144. The van der Waals surface area contributed by atoms with Crippen molar-refractivity contribution in [3.8, 4) is 11.5 Å². The summed E-state index contributed by atoms with van der Waals surface area (Å²) in [6.07, 6.45) is 1.96. The average molecular weight is 283 g/mol. The maximum absolute atomic E-state index is 11.3. The minimum atomic E-state index is -1.02. The van der Waals surface area contributed by atoms with Crippen LogP contribution in [-0.4, -0.2) is 27.8 Å². The third-order valence-corrected chi connectivity index (χ3v) is 3.29. The van der Waals surface area contributed by atoms with Crippen molar-refractivity contribution in [2.75, 3.05) is 6.61 Å². The zero-order chi connectivity index (χ0) is 14.8. The third-order valence-electron chi connectivity index (χ3n) is 3.29. The molecular formula is C16H13NO4. The Balaban J connectivity index is 2.31. The van der Waals surface area contributed by atoms with Crippen LogP contribution >= 0.6 is 0 Å². The summed E-state index contributed by atoms with van der Waals surface area (Å²) in [5.41, 5.74) is 1.95. The minimum Gasteiger partial charge on any atom is -0.478 e. The van der Waals surface area contributed by atoms with Crippen LogP contribution in [0.4, 0.5) is 0 Å². The quantitative estimate of drug-likeness (QED) is 0.769. The van der Waals surface area contributed by atoms with Gasteiger partial charge in [0.15, 0.2) is 5.76 Å². The van der Waals surface area contributed by atoms with E-state index in [1.54, 1.807) is 18.2 Å². The molecule has 21 heavy (non-hydrogen) atoms. The second-order valence-electron chi connectivity index (χ2n) is 4.63. The van der Waals surface area contributed by atoms with E-state index in [0.717, 1.165) is 10.9 Å². The van der Waals surface area contributed by atoms with Crippen LogP contribution in [0.25, 0.3) is 22.4 Å². The topological polar surface area (TPSA) is 83.6 Å². The highest BCUT2D eigenvalue weighted by molar-refractivity contribution is 6.02. The molecule has 2 heterocycles. The Labute approximate surface area is 120 Å². The normalized spacial score (nSPS) is 10.9. The van der Waals surface area contributed by atoms with Gasteiger partial charge in [-0.15, -0.1) is 0 Å². The molecule has 0 bridgehead atoms. The number of aliphatic hydroxyl groups is 1. The van der Waals surface area contributed by atoms with E-state index in [1.807, 2.05) is 12.1 Å². The van der Waals surface area contributed by atoms with Crippen molar-refractivity contribution >= 4 is 16.9 Å². The molecular weight excluding hydrogens is 270 g/mol. The summed E-state index contributed by atoms with van der Waals surface area (Å²) < 4.78 is 5.36. The van der Waals surface area contributed by atoms with Crippen LogP contribution < -0.4 is 0 Å².